The molecule has 7 nitrogen and oxygen atoms in total. The van der Waals surface area contributed by atoms with Gasteiger partial charge in [-0.1, -0.05) is 56.3 Å². The third-order valence-electron chi connectivity index (χ3n) is 4.96. The largest absolute Gasteiger partial charge is 0.353 e. The summed E-state index contributed by atoms with van der Waals surface area (Å²) >= 11 is 0.847. The highest BCUT2D eigenvalue weighted by molar-refractivity contribution is 8.18. The minimum absolute atomic E-state index is 0.00535. The number of hydrogen-bond donors (Lipinski definition) is 2. The Morgan fingerprint density at radius 2 is 1.73 bits per heavy atom. The number of amides is 4. The zero-order valence-electron chi connectivity index (χ0n) is 18.2. The van der Waals surface area contributed by atoms with E-state index in [2.05, 4.69) is 10.6 Å². The second-order valence-electron chi connectivity index (χ2n) is 7.71. The Morgan fingerprint density at radius 1 is 1.06 bits per heavy atom. The smallest absolute Gasteiger partial charge is 0.293 e. The molecule has 1 heterocycles. The molecular weight excluding hydrogens is 445 g/mol. The number of imide groups is 1. The summed E-state index contributed by atoms with van der Waals surface area (Å²) in [5.74, 6) is -2.55. The second-order valence-corrected chi connectivity index (χ2v) is 8.70. The summed E-state index contributed by atoms with van der Waals surface area (Å²) in [6.07, 6.45) is 1.65. The zero-order chi connectivity index (χ0) is 24.0. The van der Waals surface area contributed by atoms with Crippen LogP contribution in [0, 0.1) is 11.7 Å². The highest BCUT2D eigenvalue weighted by Crippen LogP contribution is 2.31. The first-order chi connectivity index (χ1) is 15.8. The van der Waals surface area contributed by atoms with Crippen LogP contribution in [0.4, 0.5) is 9.18 Å². The van der Waals surface area contributed by atoms with E-state index in [0.29, 0.717) is 4.91 Å². The maximum atomic E-state index is 13.9. The molecule has 0 bridgehead atoms. The number of rotatable bonds is 8. The van der Waals surface area contributed by atoms with Crippen molar-refractivity contribution in [3.05, 3.63) is 76.4 Å². The molecule has 0 spiro atoms. The van der Waals surface area contributed by atoms with Gasteiger partial charge < -0.3 is 10.6 Å². The number of halogens is 1. The molecule has 33 heavy (non-hydrogen) atoms. The minimum atomic E-state index is -0.912. The van der Waals surface area contributed by atoms with E-state index in [1.165, 1.54) is 24.3 Å². The maximum Gasteiger partial charge on any atom is 0.293 e. The standard InChI is InChI=1S/C24H24FN3O4S/c1-15(2)20(27-21(29)17-10-6-7-11-18(17)25)22(30)26-12-13-28-23(31)19(33-24(28)32)14-16-8-4-3-5-9-16/h3-11,14-15,20H,12-13H2,1-2H3,(H,26,30)(H,27,29). The van der Waals surface area contributed by atoms with Crippen LogP contribution in [0.25, 0.3) is 6.08 Å². The van der Waals surface area contributed by atoms with E-state index in [4.69, 9.17) is 0 Å². The van der Waals surface area contributed by atoms with Gasteiger partial charge >= 0.3 is 0 Å². The predicted molar refractivity (Wildman–Crippen MR) is 125 cm³/mol. The second kappa shape index (κ2) is 10.9. The lowest BCUT2D eigenvalue weighted by Gasteiger charge is -2.22. The molecule has 1 saturated heterocycles. The summed E-state index contributed by atoms with van der Waals surface area (Å²) in [5.41, 5.74) is 0.653. The van der Waals surface area contributed by atoms with Gasteiger partial charge in [0.2, 0.25) is 5.91 Å². The fraction of sp³-hybridized carbons (Fsp3) is 0.250. The van der Waals surface area contributed by atoms with Crippen LogP contribution in [0.2, 0.25) is 0 Å². The number of carbonyl (C=O) groups excluding carboxylic acids is 4. The summed E-state index contributed by atoms with van der Waals surface area (Å²) in [5, 5.41) is 4.79. The van der Waals surface area contributed by atoms with E-state index in [9.17, 15) is 23.6 Å². The normalized spacial score (nSPS) is 15.8. The molecule has 3 rings (SSSR count). The van der Waals surface area contributed by atoms with Crippen molar-refractivity contribution < 1.29 is 23.6 Å². The third kappa shape index (κ3) is 6.07. The number of benzene rings is 2. The lowest BCUT2D eigenvalue weighted by atomic mass is 10.0. The molecule has 1 aliphatic rings. The molecule has 2 aromatic rings. The van der Waals surface area contributed by atoms with Crippen molar-refractivity contribution in [2.45, 2.75) is 19.9 Å². The Kier molecular flexibility index (Phi) is 8.00. The van der Waals surface area contributed by atoms with Gasteiger partial charge in [0.15, 0.2) is 0 Å². The minimum Gasteiger partial charge on any atom is -0.353 e. The van der Waals surface area contributed by atoms with E-state index in [1.807, 2.05) is 30.3 Å². The van der Waals surface area contributed by atoms with Gasteiger partial charge in [-0.15, -0.1) is 0 Å². The average Bonchev–Trinajstić information content (AvgIpc) is 3.05. The van der Waals surface area contributed by atoms with Crippen molar-refractivity contribution in [3.8, 4) is 0 Å². The summed E-state index contributed by atoms with van der Waals surface area (Å²) in [6, 6.07) is 13.8. The SMILES string of the molecule is CC(C)C(NC(=O)c1ccccc1F)C(=O)NCCN1C(=O)SC(=Cc2ccccc2)C1=O. The Balaban J connectivity index is 1.57. The van der Waals surface area contributed by atoms with Gasteiger partial charge in [-0.2, -0.15) is 0 Å². The van der Waals surface area contributed by atoms with Gasteiger partial charge in [0.25, 0.3) is 17.1 Å². The highest BCUT2D eigenvalue weighted by atomic mass is 32.2. The molecular formula is C24H24FN3O4S. The van der Waals surface area contributed by atoms with E-state index in [-0.39, 0.29) is 24.6 Å². The number of nitrogens with one attached hydrogen (secondary N) is 2. The van der Waals surface area contributed by atoms with Gasteiger partial charge in [0.1, 0.15) is 11.9 Å². The quantitative estimate of drug-likeness (QED) is 0.578. The van der Waals surface area contributed by atoms with Gasteiger partial charge in [-0.3, -0.25) is 24.1 Å². The molecule has 4 amide bonds. The van der Waals surface area contributed by atoms with Crippen molar-refractivity contribution >= 4 is 40.8 Å². The van der Waals surface area contributed by atoms with Crippen LogP contribution in [0.15, 0.2) is 59.5 Å². The van der Waals surface area contributed by atoms with E-state index >= 15 is 0 Å². The van der Waals surface area contributed by atoms with Crippen molar-refractivity contribution in [2.75, 3.05) is 13.1 Å². The Hall–Kier alpha value is -3.46. The lowest BCUT2D eigenvalue weighted by molar-refractivity contribution is -0.125. The van der Waals surface area contributed by atoms with E-state index < -0.39 is 34.8 Å². The van der Waals surface area contributed by atoms with Crippen LogP contribution < -0.4 is 10.6 Å². The third-order valence-corrected chi connectivity index (χ3v) is 5.87. The topological polar surface area (TPSA) is 95.6 Å². The molecule has 1 unspecified atom stereocenters. The molecule has 1 fully saturated rings. The number of carbonyl (C=O) groups is 4. The van der Waals surface area contributed by atoms with Crippen LogP contribution in [0.1, 0.15) is 29.8 Å². The lowest BCUT2D eigenvalue weighted by Crippen LogP contribution is -2.51. The molecule has 0 aromatic heterocycles. The summed E-state index contributed by atoms with van der Waals surface area (Å²) < 4.78 is 13.9. The predicted octanol–water partition coefficient (Wildman–Crippen LogP) is 3.43. The number of thioether (sulfide) groups is 1. The van der Waals surface area contributed by atoms with Crippen LogP contribution >= 0.6 is 11.8 Å². The first kappa shape index (κ1) is 24.2. The monoisotopic (exact) mass is 469 g/mol. The summed E-state index contributed by atoms with van der Waals surface area (Å²) in [6.45, 7) is 3.51. The summed E-state index contributed by atoms with van der Waals surface area (Å²) in [4.78, 5) is 51.3. The Labute approximate surface area is 195 Å². The zero-order valence-corrected chi connectivity index (χ0v) is 19.0. The van der Waals surface area contributed by atoms with E-state index in [0.717, 1.165) is 22.2 Å². The molecule has 1 atom stereocenters. The molecule has 2 N–H and O–H groups in total. The molecule has 1 aliphatic heterocycles. The average molecular weight is 470 g/mol. The van der Waals surface area contributed by atoms with Gasteiger partial charge in [-0.05, 0) is 41.5 Å². The van der Waals surface area contributed by atoms with Gasteiger partial charge in [-0.25, -0.2) is 4.39 Å². The Morgan fingerprint density at radius 3 is 2.39 bits per heavy atom. The number of hydrogen-bond acceptors (Lipinski definition) is 5. The van der Waals surface area contributed by atoms with Crippen molar-refractivity contribution in [3.63, 3.8) is 0 Å². The van der Waals surface area contributed by atoms with Crippen molar-refractivity contribution in [1.82, 2.24) is 15.5 Å². The van der Waals surface area contributed by atoms with E-state index in [1.54, 1.807) is 19.9 Å². The van der Waals surface area contributed by atoms with Crippen LogP contribution in [0.3, 0.4) is 0 Å². The van der Waals surface area contributed by atoms with Gasteiger partial charge in [0.05, 0.1) is 10.5 Å². The molecule has 2 aromatic carbocycles. The fourth-order valence-corrected chi connectivity index (χ4v) is 4.06. The van der Waals surface area contributed by atoms with Crippen LogP contribution in [-0.2, 0) is 9.59 Å². The highest BCUT2D eigenvalue weighted by Gasteiger charge is 2.35. The number of nitrogens with zero attached hydrogens (tertiary/aromatic N) is 1. The summed E-state index contributed by atoms with van der Waals surface area (Å²) in [7, 11) is 0. The van der Waals surface area contributed by atoms with Crippen molar-refractivity contribution in [1.29, 1.82) is 0 Å². The Bertz CT molecular complexity index is 1090. The first-order valence-corrected chi connectivity index (χ1v) is 11.2. The molecule has 0 radical (unpaired) electrons. The maximum absolute atomic E-state index is 13.9. The molecule has 0 saturated carbocycles. The fourth-order valence-electron chi connectivity index (χ4n) is 3.19. The molecule has 172 valence electrons. The van der Waals surface area contributed by atoms with Crippen LogP contribution in [0.5, 0.6) is 0 Å². The van der Waals surface area contributed by atoms with Crippen LogP contribution in [-0.4, -0.2) is 47.0 Å². The van der Waals surface area contributed by atoms with Gasteiger partial charge in [0, 0.05) is 13.1 Å². The van der Waals surface area contributed by atoms with Crippen molar-refractivity contribution in [2.24, 2.45) is 5.92 Å². The molecule has 9 heteroatoms. The first-order valence-electron chi connectivity index (χ1n) is 10.4. The molecule has 0 aliphatic carbocycles.